The van der Waals surface area contributed by atoms with Gasteiger partial charge in [-0.05, 0) is 47.5 Å². The summed E-state index contributed by atoms with van der Waals surface area (Å²) in [5.74, 6) is -0.554. The number of hydrogen-bond acceptors (Lipinski definition) is 4. The first-order valence-electron chi connectivity index (χ1n) is 9.33. The molecule has 0 spiro atoms. The Hall–Kier alpha value is -4.32. The maximum absolute atomic E-state index is 12.9. The van der Waals surface area contributed by atoms with Crippen molar-refractivity contribution in [2.75, 3.05) is 10.6 Å². The molecular weight excluding hydrogens is 376 g/mol. The van der Waals surface area contributed by atoms with Crippen LogP contribution < -0.4 is 10.6 Å². The number of nitrogens with zero attached hydrogens (tertiary/aromatic N) is 2. The van der Waals surface area contributed by atoms with Crippen LogP contribution in [0.4, 0.5) is 11.4 Å². The molecule has 30 heavy (non-hydrogen) atoms. The van der Waals surface area contributed by atoms with Gasteiger partial charge in [-0.1, -0.05) is 36.4 Å². The van der Waals surface area contributed by atoms with Crippen molar-refractivity contribution in [1.82, 2.24) is 9.97 Å². The van der Waals surface area contributed by atoms with Crippen molar-refractivity contribution in [2.45, 2.75) is 0 Å². The Balaban J connectivity index is 1.68. The average molecular weight is 394 g/mol. The van der Waals surface area contributed by atoms with E-state index in [1.807, 2.05) is 24.3 Å². The number of hydrogen-bond donors (Lipinski definition) is 2. The van der Waals surface area contributed by atoms with Gasteiger partial charge in [0, 0.05) is 23.5 Å². The van der Waals surface area contributed by atoms with Crippen LogP contribution in [0.2, 0.25) is 0 Å². The number of carbonyl (C=O) groups excluding carboxylic acids is 2. The van der Waals surface area contributed by atoms with Gasteiger partial charge in [0.05, 0.1) is 23.8 Å². The minimum Gasteiger partial charge on any atom is -0.321 e. The molecule has 6 nitrogen and oxygen atoms in total. The molecule has 4 aromatic rings. The number of carbonyl (C=O) groups is 2. The summed E-state index contributed by atoms with van der Waals surface area (Å²) in [6.45, 7) is 0. The highest BCUT2D eigenvalue weighted by Gasteiger charge is 2.18. The highest BCUT2D eigenvalue weighted by Crippen LogP contribution is 2.28. The zero-order chi connectivity index (χ0) is 20.8. The zero-order valence-corrected chi connectivity index (χ0v) is 15.9. The van der Waals surface area contributed by atoms with Crippen LogP contribution in [0.5, 0.6) is 0 Å². The van der Waals surface area contributed by atoms with E-state index < -0.39 is 0 Å². The van der Waals surface area contributed by atoms with E-state index in [-0.39, 0.29) is 11.8 Å². The monoisotopic (exact) mass is 394 g/mol. The Morgan fingerprint density at radius 1 is 0.567 bits per heavy atom. The fraction of sp³-hybridized carbons (Fsp3) is 0. The lowest BCUT2D eigenvalue weighted by Crippen LogP contribution is -2.16. The number of amides is 2. The molecule has 0 aliphatic rings. The molecule has 0 aliphatic heterocycles. The minimum absolute atomic E-state index is 0.277. The van der Waals surface area contributed by atoms with E-state index >= 15 is 0 Å². The minimum atomic E-state index is -0.277. The van der Waals surface area contributed by atoms with E-state index in [9.17, 15) is 9.59 Å². The summed E-state index contributed by atoms with van der Waals surface area (Å²) in [7, 11) is 0. The van der Waals surface area contributed by atoms with E-state index in [1.54, 1.807) is 73.3 Å². The van der Waals surface area contributed by atoms with Gasteiger partial charge in [0.2, 0.25) is 0 Å². The number of rotatable bonds is 5. The van der Waals surface area contributed by atoms with Crippen LogP contribution in [0.1, 0.15) is 20.7 Å². The Morgan fingerprint density at radius 2 is 1.00 bits per heavy atom. The Morgan fingerprint density at radius 3 is 1.40 bits per heavy atom. The first kappa shape index (κ1) is 19.0. The van der Waals surface area contributed by atoms with E-state index in [1.165, 1.54) is 0 Å². The number of anilines is 2. The molecule has 0 radical (unpaired) electrons. The van der Waals surface area contributed by atoms with Crippen LogP contribution in [0.25, 0.3) is 11.1 Å². The molecule has 0 fully saturated rings. The second kappa shape index (κ2) is 8.79. The molecule has 0 bridgehead atoms. The second-order valence-electron chi connectivity index (χ2n) is 6.48. The summed E-state index contributed by atoms with van der Waals surface area (Å²) < 4.78 is 0. The van der Waals surface area contributed by atoms with E-state index in [0.717, 1.165) is 0 Å². The fourth-order valence-electron chi connectivity index (χ4n) is 3.10. The summed E-state index contributed by atoms with van der Waals surface area (Å²) >= 11 is 0. The summed E-state index contributed by atoms with van der Waals surface area (Å²) in [5, 5.41) is 5.69. The third-order valence-electron chi connectivity index (χ3n) is 4.47. The molecule has 2 aromatic carbocycles. The lowest BCUT2D eigenvalue weighted by molar-refractivity contribution is 0.101. The maximum atomic E-state index is 12.9. The van der Waals surface area contributed by atoms with Crippen LogP contribution in [0.3, 0.4) is 0 Å². The Bertz CT molecular complexity index is 1080. The van der Waals surface area contributed by atoms with Crippen molar-refractivity contribution < 1.29 is 9.59 Å². The Labute approximate surface area is 173 Å². The van der Waals surface area contributed by atoms with Gasteiger partial charge in [0.1, 0.15) is 0 Å². The van der Waals surface area contributed by atoms with Crippen LogP contribution in [-0.2, 0) is 0 Å². The SMILES string of the molecule is O=C(Nc1cccnc1)c1ccccc1-c1ccccc1C(=O)Nc1cccnc1. The quantitative estimate of drug-likeness (QED) is 0.516. The molecule has 2 N–H and O–H groups in total. The van der Waals surface area contributed by atoms with Crippen molar-refractivity contribution in [1.29, 1.82) is 0 Å². The van der Waals surface area contributed by atoms with Gasteiger partial charge in [-0.15, -0.1) is 0 Å². The molecule has 0 saturated carbocycles. The number of nitrogens with one attached hydrogen (secondary N) is 2. The van der Waals surface area contributed by atoms with Gasteiger partial charge in [-0.2, -0.15) is 0 Å². The molecule has 0 atom stereocenters. The molecule has 6 heteroatoms. The lowest BCUT2D eigenvalue weighted by atomic mass is 9.94. The fourth-order valence-corrected chi connectivity index (χ4v) is 3.10. The Kier molecular flexibility index (Phi) is 5.57. The molecule has 4 rings (SSSR count). The van der Waals surface area contributed by atoms with Crippen LogP contribution in [0, 0.1) is 0 Å². The van der Waals surface area contributed by atoms with Crippen molar-refractivity contribution in [2.24, 2.45) is 0 Å². The first-order valence-corrected chi connectivity index (χ1v) is 9.33. The maximum Gasteiger partial charge on any atom is 0.256 e. The summed E-state index contributed by atoms with van der Waals surface area (Å²) in [4.78, 5) is 33.9. The van der Waals surface area contributed by atoms with Crippen molar-refractivity contribution in [3.05, 3.63) is 109 Å². The molecule has 2 heterocycles. The molecule has 0 unspecified atom stereocenters. The zero-order valence-electron chi connectivity index (χ0n) is 15.9. The highest BCUT2D eigenvalue weighted by atomic mass is 16.2. The van der Waals surface area contributed by atoms with Crippen molar-refractivity contribution in [3.63, 3.8) is 0 Å². The van der Waals surface area contributed by atoms with Crippen molar-refractivity contribution >= 4 is 23.2 Å². The molecule has 2 aromatic heterocycles. The summed E-state index contributed by atoms with van der Waals surface area (Å²) in [6, 6.07) is 21.4. The molecule has 0 aliphatic carbocycles. The van der Waals surface area contributed by atoms with Gasteiger partial charge < -0.3 is 10.6 Å². The lowest BCUT2D eigenvalue weighted by Gasteiger charge is -2.14. The average Bonchev–Trinajstić information content (AvgIpc) is 2.80. The van der Waals surface area contributed by atoms with Gasteiger partial charge in [0.15, 0.2) is 0 Å². The largest absolute Gasteiger partial charge is 0.321 e. The normalized spacial score (nSPS) is 10.3. The molecule has 2 amide bonds. The van der Waals surface area contributed by atoms with E-state index in [4.69, 9.17) is 0 Å². The highest BCUT2D eigenvalue weighted by molar-refractivity contribution is 6.13. The third kappa shape index (κ3) is 4.23. The first-order chi connectivity index (χ1) is 14.7. The standard InChI is InChI=1S/C24H18N4O2/c29-23(27-17-7-5-13-25-15-17)21-11-3-1-9-19(21)20-10-2-4-12-22(20)24(30)28-18-8-6-14-26-16-18/h1-16H,(H,27,29)(H,28,30). The van der Waals surface area contributed by atoms with Crippen LogP contribution in [-0.4, -0.2) is 21.8 Å². The smallest absolute Gasteiger partial charge is 0.256 e. The molecule has 146 valence electrons. The number of pyridine rings is 2. The number of benzene rings is 2. The topological polar surface area (TPSA) is 84.0 Å². The third-order valence-corrected chi connectivity index (χ3v) is 4.47. The van der Waals surface area contributed by atoms with Crippen LogP contribution in [0.15, 0.2) is 97.6 Å². The van der Waals surface area contributed by atoms with E-state index in [0.29, 0.717) is 33.6 Å². The van der Waals surface area contributed by atoms with E-state index in [2.05, 4.69) is 20.6 Å². The van der Waals surface area contributed by atoms with Gasteiger partial charge in [-0.3, -0.25) is 19.6 Å². The van der Waals surface area contributed by atoms with Gasteiger partial charge in [0.25, 0.3) is 11.8 Å². The number of aromatic nitrogens is 2. The predicted octanol–water partition coefficient (Wildman–Crippen LogP) is 4.65. The summed E-state index contributed by atoms with van der Waals surface area (Å²) in [6.07, 6.45) is 6.44. The molecular formula is C24H18N4O2. The molecule has 0 saturated heterocycles. The predicted molar refractivity (Wildman–Crippen MR) is 116 cm³/mol. The van der Waals surface area contributed by atoms with Crippen LogP contribution >= 0.6 is 0 Å². The van der Waals surface area contributed by atoms with Crippen molar-refractivity contribution in [3.8, 4) is 11.1 Å². The van der Waals surface area contributed by atoms with Gasteiger partial charge in [-0.25, -0.2) is 0 Å². The second-order valence-corrected chi connectivity index (χ2v) is 6.48. The van der Waals surface area contributed by atoms with Gasteiger partial charge >= 0.3 is 0 Å². The summed E-state index contributed by atoms with van der Waals surface area (Å²) in [5.41, 5.74) is 3.44.